The molecule has 0 saturated heterocycles. The molecule has 0 aliphatic carbocycles. The van der Waals surface area contributed by atoms with Gasteiger partial charge in [0.2, 0.25) is 0 Å². The second kappa shape index (κ2) is 8.62. The molecule has 0 heterocycles. The lowest BCUT2D eigenvalue weighted by molar-refractivity contribution is 0.461. The molecule has 1 aromatic rings. The van der Waals surface area contributed by atoms with Crippen LogP contribution in [0, 0.1) is 5.82 Å². The van der Waals surface area contributed by atoms with Gasteiger partial charge >= 0.3 is 0 Å². The number of hydrazine groups is 1. The molecule has 0 spiro atoms. The second-order valence-electron chi connectivity index (χ2n) is 4.63. The van der Waals surface area contributed by atoms with Crippen molar-refractivity contribution in [2.24, 2.45) is 5.84 Å². The second-order valence-corrected chi connectivity index (χ2v) is 5.42. The summed E-state index contributed by atoms with van der Waals surface area (Å²) in [5, 5.41) is 0. The SMILES string of the molecule is CCCCCCC(Cc1cccc(F)c1Br)NN. The van der Waals surface area contributed by atoms with Crippen molar-refractivity contribution in [3.05, 3.63) is 34.1 Å². The molecular formula is C14H22BrFN2. The van der Waals surface area contributed by atoms with Crippen LogP contribution < -0.4 is 11.3 Å². The molecule has 0 amide bonds. The van der Waals surface area contributed by atoms with E-state index in [9.17, 15) is 4.39 Å². The Hall–Kier alpha value is -0.450. The van der Waals surface area contributed by atoms with Gasteiger partial charge in [0.25, 0.3) is 0 Å². The summed E-state index contributed by atoms with van der Waals surface area (Å²) in [6, 6.07) is 5.34. The van der Waals surface area contributed by atoms with Crippen LogP contribution >= 0.6 is 15.9 Å². The van der Waals surface area contributed by atoms with E-state index in [2.05, 4.69) is 28.3 Å². The lowest BCUT2D eigenvalue weighted by Crippen LogP contribution is -2.36. The summed E-state index contributed by atoms with van der Waals surface area (Å²) in [7, 11) is 0. The van der Waals surface area contributed by atoms with Gasteiger partial charge in [-0.3, -0.25) is 11.3 Å². The highest BCUT2D eigenvalue weighted by atomic mass is 79.9. The summed E-state index contributed by atoms with van der Waals surface area (Å²) in [6.45, 7) is 2.20. The summed E-state index contributed by atoms with van der Waals surface area (Å²) in [5.74, 6) is 5.35. The Morgan fingerprint density at radius 3 is 2.78 bits per heavy atom. The van der Waals surface area contributed by atoms with Crippen LogP contribution in [-0.4, -0.2) is 6.04 Å². The highest BCUT2D eigenvalue weighted by Crippen LogP contribution is 2.22. The smallest absolute Gasteiger partial charge is 0.137 e. The van der Waals surface area contributed by atoms with E-state index in [-0.39, 0.29) is 11.9 Å². The van der Waals surface area contributed by atoms with Crippen LogP contribution in [0.5, 0.6) is 0 Å². The first kappa shape index (κ1) is 15.6. The molecule has 0 aliphatic heterocycles. The van der Waals surface area contributed by atoms with E-state index >= 15 is 0 Å². The van der Waals surface area contributed by atoms with Crippen LogP contribution in [0.2, 0.25) is 0 Å². The van der Waals surface area contributed by atoms with Crippen molar-refractivity contribution in [2.75, 3.05) is 0 Å². The predicted molar refractivity (Wildman–Crippen MR) is 77.7 cm³/mol. The minimum atomic E-state index is -0.214. The van der Waals surface area contributed by atoms with Gasteiger partial charge in [-0.05, 0) is 40.4 Å². The average molecular weight is 317 g/mol. The molecule has 0 aliphatic rings. The van der Waals surface area contributed by atoms with Crippen molar-refractivity contribution < 1.29 is 4.39 Å². The molecule has 0 radical (unpaired) electrons. The highest BCUT2D eigenvalue weighted by Gasteiger charge is 2.11. The van der Waals surface area contributed by atoms with Gasteiger partial charge in [0.15, 0.2) is 0 Å². The maximum Gasteiger partial charge on any atom is 0.137 e. The molecule has 4 heteroatoms. The van der Waals surface area contributed by atoms with Gasteiger partial charge in [-0.1, -0.05) is 44.7 Å². The van der Waals surface area contributed by atoms with Gasteiger partial charge < -0.3 is 0 Å². The summed E-state index contributed by atoms with van der Waals surface area (Å²) < 4.78 is 13.9. The fourth-order valence-electron chi connectivity index (χ4n) is 2.03. The van der Waals surface area contributed by atoms with E-state index in [4.69, 9.17) is 5.84 Å². The van der Waals surface area contributed by atoms with Gasteiger partial charge in [-0.25, -0.2) is 4.39 Å². The van der Waals surface area contributed by atoms with E-state index < -0.39 is 0 Å². The van der Waals surface area contributed by atoms with E-state index in [0.717, 1.165) is 24.8 Å². The minimum Gasteiger partial charge on any atom is -0.271 e. The Morgan fingerprint density at radius 1 is 1.33 bits per heavy atom. The number of unbranched alkanes of at least 4 members (excludes halogenated alkanes) is 3. The number of hydrogen-bond acceptors (Lipinski definition) is 2. The molecule has 18 heavy (non-hydrogen) atoms. The zero-order chi connectivity index (χ0) is 13.4. The zero-order valence-corrected chi connectivity index (χ0v) is 12.5. The van der Waals surface area contributed by atoms with Gasteiger partial charge in [-0.15, -0.1) is 0 Å². The summed E-state index contributed by atoms with van der Waals surface area (Å²) in [5.41, 5.74) is 3.80. The molecule has 1 aromatic carbocycles. The number of nitrogens with two attached hydrogens (primary N) is 1. The number of nitrogens with one attached hydrogen (secondary N) is 1. The maximum absolute atomic E-state index is 13.4. The number of rotatable bonds is 8. The Balaban J connectivity index is 2.49. The van der Waals surface area contributed by atoms with Crippen LogP contribution in [0.25, 0.3) is 0 Å². The topological polar surface area (TPSA) is 38.0 Å². The third-order valence-electron chi connectivity index (χ3n) is 3.14. The first-order chi connectivity index (χ1) is 8.69. The molecular weight excluding hydrogens is 295 g/mol. The van der Waals surface area contributed by atoms with Crippen LogP contribution in [0.4, 0.5) is 4.39 Å². The Bertz CT molecular complexity index is 358. The summed E-state index contributed by atoms with van der Waals surface area (Å²) in [6.07, 6.45) is 6.67. The van der Waals surface area contributed by atoms with E-state index in [1.165, 1.54) is 25.3 Å². The van der Waals surface area contributed by atoms with Crippen molar-refractivity contribution in [3.63, 3.8) is 0 Å². The molecule has 1 atom stereocenters. The predicted octanol–water partition coefficient (Wildman–Crippen LogP) is 3.93. The number of benzene rings is 1. The van der Waals surface area contributed by atoms with Gasteiger partial charge in [-0.2, -0.15) is 0 Å². The fraction of sp³-hybridized carbons (Fsp3) is 0.571. The first-order valence-corrected chi connectivity index (χ1v) is 7.37. The van der Waals surface area contributed by atoms with Gasteiger partial charge in [0, 0.05) is 6.04 Å². The Kier molecular flexibility index (Phi) is 7.47. The molecule has 0 saturated carbocycles. The number of halogens is 2. The molecule has 1 unspecified atom stereocenters. The first-order valence-electron chi connectivity index (χ1n) is 6.58. The van der Waals surface area contributed by atoms with Crippen LogP contribution in [0.3, 0.4) is 0 Å². The largest absolute Gasteiger partial charge is 0.271 e. The van der Waals surface area contributed by atoms with Crippen molar-refractivity contribution >= 4 is 15.9 Å². The molecule has 0 fully saturated rings. The maximum atomic E-state index is 13.4. The normalized spacial score (nSPS) is 12.7. The molecule has 3 N–H and O–H groups in total. The quantitative estimate of drug-likeness (QED) is 0.433. The average Bonchev–Trinajstić information content (AvgIpc) is 2.38. The van der Waals surface area contributed by atoms with E-state index in [1.54, 1.807) is 6.07 Å². The van der Waals surface area contributed by atoms with E-state index in [0.29, 0.717) is 4.47 Å². The lowest BCUT2D eigenvalue weighted by atomic mass is 10.0. The van der Waals surface area contributed by atoms with Crippen molar-refractivity contribution in [3.8, 4) is 0 Å². The van der Waals surface area contributed by atoms with Crippen molar-refractivity contribution in [2.45, 2.75) is 51.5 Å². The Morgan fingerprint density at radius 2 is 2.11 bits per heavy atom. The minimum absolute atomic E-state index is 0.208. The third-order valence-corrected chi connectivity index (χ3v) is 4.03. The van der Waals surface area contributed by atoms with Gasteiger partial charge in [0.1, 0.15) is 5.82 Å². The van der Waals surface area contributed by atoms with Crippen molar-refractivity contribution in [1.29, 1.82) is 0 Å². The van der Waals surface area contributed by atoms with Crippen LogP contribution in [0.15, 0.2) is 22.7 Å². The fourth-order valence-corrected chi connectivity index (χ4v) is 2.46. The summed E-state index contributed by atoms with van der Waals surface area (Å²) in [4.78, 5) is 0. The molecule has 1 rings (SSSR count). The zero-order valence-electron chi connectivity index (χ0n) is 10.9. The summed E-state index contributed by atoms with van der Waals surface area (Å²) >= 11 is 3.29. The van der Waals surface area contributed by atoms with Crippen molar-refractivity contribution in [1.82, 2.24) is 5.43 Å². The van der Waals surface area contributed by atoms with Crippen LogP contribution in [0.1, 0.15) is 44.6 Å². The van der Waals surface area contributed by atoms with Gasteiger partial charge in [0.05, 0.1) is 4.47 Å². The van der Waals surface area contributed by atoms with Crippen LogP contribution in [-0.2, 0) is 6.42 Å². The molecule has 0 bridgehead atoms. The lowest BCUT2D eigenvalue weighted by Gasteiger charge is -2.16. The highest BCUT2D eigenvalue weighted by molar-refractivity contribution is 9.10. The molecule has 102 valence electrons. The monoisotopic (exact) mass is 316 g/mol. The standard InChI is InChI=1S/C14H22BrFN2/c1-2-3-4-5-8-12(18-17)10-11-7-6-9-13(16)14(11)15/h6-7,9,12,18H,2-5,8,10,17H2,1H3. The number of hydrogen-bond donors (Lipinski definition) is 2. The third kappa shape index (κ3) is 5.04. The Labute approximate surface area is 117 Å². The van der Waals surface area contributed by atoms with E-state index in [1.807, 2.05) is 6.07 Å². The molecule has 0 aromatic heterocycles. The molecule has 2 nitrogen and oxygen atoms in total.